The Bertz CT molecular complexity index is 832. The van der Waals surface area contributed by atoms with Gasteiger partial charge in [0.25, 0.3) is 0 Å². The largest absolute Gasteiger partial charge is 0.410 e. The Morgan fingerprint density at radius 3 is 2.19 bits per heavy atom. The summed E-state index contributed by atoms with van der Waals surface area (Å²) in [6.45, 7) is 13.8. The molecule has 6 aliphatic carbocycles. The number of fused-ring (bicyclic) bond motifs is 1. The molecule has 0 aliphatic heterocycles. The molecule has 4 bridgehead atoms. The van der Waals surface area contributed by atoms with Gasteiger partial charge in [0.05, 0.1) is 11.0 Å². The van der Waals surface area contributed by atoms with Crippen LogP contribution in [0.5, 0.6) is 0 Å². The Hall–Kier alpha value is -0.683. The van der Waals surface area contributed by atoms with E-state index < -0.39 is 13.7 Å². The maximum absolute atomic E-state index is 14.0. The second kappa shape index (κ2) is 6.25. The van der Waals surface area contributed by atoms with Crippen LogP contribution < -0.4 is 5.73 Å². The number of amides is 1. The average Bonchev–Trinajstić information content (AvgIpc) is 3.13. The van der Waals surface area contributed by atoms with Crippen molar-refractivity contribution in [3.8, 4) is 0 Å². The van der Waals surface area contributed by atoms with Crippen molar-refractivity contribution in [2.45, 2.75) is 110 Å². The lowest BCUT2D eigenvalue weighted by molar-refractivity contribution is -0.253. The molecule has 0 aromatic rings. The van der Waals surface area contributed by atoms with Crippen LogP contribution in [0.25, 0.3) is 0 Å². The molecule has 6 fully saturated rings. The molecule has 174 valence electrons. The number of nitrogens with two attached hydrogens (primary N) is 1. The predicted octanol–water partition coefficient (Wildman–Crippen LogP) is 5.45. The van der Waals surface area contributed by atoms with Gasteiger partial charge in [0.2, 0.25) is 5.91 Å². The number of carbonyl (C=O) groups excluding carboxylic acids is 2. The van der Waals surface area contributed by atoms with E-state index in [2.05, 4.69) is 34.6 Å². The third kappa shape index (κ3) is 2.31. The lowest BCUT2D eigenvalue weighted by atomic mass is 9.37. The van der Waals surface area contributed by atoms with Gasteiger partial charge in [-0.1, -0.05) is 48.0 Å². The first-order valence-electron chi connectivity index (χ1n) is 13.0. The van der Waals surface area contributed by atoms with Crippen molar-refractivity contribution in [1.29, 1.82) is 0 Å². The second-order valence-corrected chi connectivity index (χ2v) is 17.6. The van der Waals surface area contributed by atoms with Crippen LogP contribution in [0, 0.1) is 39.4 Å². The minimum Gasteiger partial charge on any atom is -0.410 e. The summed E-state index contributed by atoms with van der Waals surface area (Å²) in [5, 5.41) is 0. The number of hydrogen-bond donors (Lipinski definition) is 1. The summed E-state index contributed by atoms with van der Waals surface area (Å²) in [5.74, 6) is 1.24. The molecule has 1 amide bonds. The highest BCUT2D eigenvalue weighted by Crippen LogP contribution is 2.87. The molecular formula is C26H43NO3Si. The van der Waals surface area contributed by atoms with E-state index in [9.17, 15) is 9.59 Å². The zero-order chi connectivity index (χ0) is 22.7. The normalized spacial score (nSPS) is 52.5. The van der Waals surface area contributed by atoms with E-state index in [1.165, 1.54) is 0 Å². The summed E-state index contributed by atoms with van der Waals surface area (Å²) in [6, 6.07) is 3.39. The smallest absolute Gasteiger partial charge is 0.224 e. The minimum absolute atomic E-state index is 0.0306. The quantitative estimate of drug-likeness (QED) is 0.552. The summed E-state index contributed by atoms with van der Waals surface area (Å²) in [6.07, 6.45) is 6.72. The maximum atomic E-state index is 14.0. The molecule has 0 radical (unpaired) electrons. The molecule has 8 atom stereocenters. The van der Waals surface area contributed by atoms with E-state index in [1.54, 1.807) is 0 Å². The lowest BCUT2D eigenvalue weighted by Crippen LogP contribution is -2.75. The van der Waals surface area contributed by atoms with Crippen molar-refractivity contribution < 1.29 is 14.0 Å². The maximum Gasteiger partial charge on any atom is 0.224 e. The molecule has 0 aromatic heterocycles. The van der Waals surface area contributed by atoms with Gasteiger partial charge in [0, 0.05) is 23.2 Å². The summed E-state index contributed by atoms with van der Waals surface area (Å²) in [4.78, 5) is 26.8. The number of Topliss-reactive ketones (excluding diaryl/α,β-unsaturated/α-hetero) is 1. The van der Waals surface area contributed by atoms with Crippen molar-refractivity contribution in [3.05, 3.63) is 0 Å². The fourth-order valence-electron chi connectivity index (χ4n) is 10.2. The van der Waals surface area contributed by atoms with Crippen molar-refractivity contribution in [3.63, 3.8) is 0 Å². The van der Waals surface area contributed by atoms with Gasteiger partial charge >= 0.3 is 0 Å². The lowest BCUT2D eigenvalue weighted by Gasteiger charge is -2.71. The van der Waals surface area contributed by atoms with Gasteiger partial charge < -0.3 is 10.2 Å². The third-order valence-corrected chi connectivity index (χ3v) is 16.7. The van der Waals surface area contributed by atoms with Gasteiger partial charge in [0.15, 0.2) is 8.32 Å². The first kappa shape index (κ1) is 22.1. The molecule has 0 saturated heterocycles. The van der Waals surface area contributed by atoms with Crippen molar-refractivity contribution in [2.24, 2.45) is 45.1 Å². The Balaban J connectivity index is 1.71. The van der Waals surface area contributed by atoms with Crippen LogP contribution in [0.3, 0.4) is 0 Å². The first-order valence-corrected chi connectivity index (χ1v) is 15.5. The number of rotatable bonds is 6. The first-order chi connectivity index (χ1) is 14.4. The Morgan fingerprint density at radius 1 is 1.06 bits per heavy atom. The zero-order valence-corrected chi connectivity index (χ0v) is 21.6. The molecule has 0 heterocycles. The molecule has 0 unspecified atom stereocenters. The molecule has 5 heteroatoms. The Labute approximate surface area is 189 Å². The third-order valence-electron chi connectivity index (χ3n) is 12.1. The molecular weight excluding hydrogens is 402 g/mol. The molecule has 6 rings (SSSR count). The highest BCUT2D eigenvalue weighted by molar-refractivity contribution is 6.73. The molecule has 1 spiro atoms. The van der Waals surface area contributed by atoms with Crippen molar-refractivity contribution in [1.82, 2.24) is 0 Å². The van der Waals surface area contributed by atoms with Gasteiger partial charge in [-0.15, -0.1) is 0 Å². The number of primary amides is 1. The van der Waals surface area contributed by atoms with E-state index in [0.717, 1.165) is 68.5 Å². The Kier molecular flexibility index (Phi) is 4.46. The number of ketones is 1. The SMILES string of the molecule is CC[Si](CC)(CC)O[C@@]12C[C@@H]3[C@@H]4C[C@@]1(CC(=O)[C@H]1[C@](C)(C(N)=O)CCC[C@]12C)C[C@]34C. The minimum atomic E-state index is -1.93. The van der Waals surface area contributed by atoms with Gasteiger partial charge in [-0.25, -0.2) is 0 Å². The predicted molar refractivity (Wildman–Crippen MR) is 125 cm³/mol. The summed E-state index contributed by atoms with van der Waals surface area (Å²) in [7, 11) is -1.93. The monoisotopic (exact) mass is 445 g/mol. The van der Waals surface area contributed by atoms with Gasteiger partial charge in [-0.2, -0.15) is 0 Å². The van der Waals surface area contributed by atoms with Gasteiger partial charge in [-0.05, 0) is 67.5 Å². The van der Waals surface area contributed by atoms with E-state index in [1.807, 2.05) is 6.92 Å². The van der Waals surface area contributed by atoms with Crippen LogP contribution in [-0.2, 0) is 14.0 Å². The van der Waals surface area contributed by atoms with Gasteiger partial charge in [0.1, 0.15) is 5.78 Å². The van der Waals surface area contributed by atoms with Crippen LogP contribution >= 0.6 is 0 Å². The number of carbonyl (C=O) groups is 2. The highest BCUT2D eigenvalue weighted by Gasteiger charge is 2.85. The van der Waals surface area contributed by atoms with Crippen LogP contribution in [0.15, 0.2) is 0 Å². The topological polar surface area (TPSA) is 69.4 Å². The van der Waals surface area contributed by atoms with E-state index in [0.29, 0.717) is 17.6 Å². The summed E-state index contributed by atoms with van der Waals surface area (Å²) >= 11 is 0. The van der Waals surface area contributed by atoms with Crippen molar-refractivity contribution in [2.75, 3.05) is 0 Å². The molecule has 2 N–H and O–H groups in total. The molecule has 0 aromatic carbocycles. The fraction of sp³-hybridized carbons (Fsp3) is 0.923. The van der Waals surface area contributed by atoms with E-state index in [4.69, 9.17) is 10.2 Å². The van der Waals surface area contributed by atoms with Crippen molar-refractivity contribution >= 4 is 20.0 Å². The van der Waals surface area contributed by atoms with E-state index in [-0.39, 0.29) is 28.3 Å². The number of hydrogen-bond acceptors (Lipinski definition) is 3. The van der Waals surface area contributed by atoms with Crippen LogP contribution in [-0.4, -0.2) is 25.6 Å². The summed E-state index contributed by atoms with van der Waals surface area (Å²) in [5.41, 5.74) is 5.11. The Morgan fingerprint density at radius 2 is 1.68 bits per heavy atom. The van der Waals surface area contributed by atoms with Crippen LogP contribution in [0.4, 0.5) is 0 Å². The highest BCUT2D eigenvalue weighted by atomic mass is 28.4. The summed E-state index contributed by atoms with van der Waals surface area (Å²) < 4.78 is 7.73. The second-order valence-electron chi connectivity index (χ2n) is 12.9. The molecule has 4 nitrogen and oxygen atoms in total. The fourth-order valence-corrected chi connectivity index (χ4v) is 13.4. The molecule has 31 heavy (non-hydrogen) atoms. The van der Waals surface area contributed by atoms with Crippen LogP contribution in [0.2, 0.25) is 18.1 Å². The van der Waals surface area contributed by atoms with Crippen LogP contribution in [0.1, 0.15) is 86.5 Å². The zero-order valence-electron chi connectivity index (χ0n) is 20.6. The van der Waals surface area contributed by atoms with Gasteiger partial charge in [-0.3, -0.25) is 9.59 Å². The standard InChI is InChI=1S/C26H43NO3Si/c1-7-31(8-2,9-3)30-26-14-18-17-13-25(26,16-23(17,18)5)15-19(28)20-22(4,21(27)29)11-10-12-24(20,26)6/h17-18,20H,7-16H2,1-6H3,(H2,27,29)/t17-,18+,20-,22+,23-,24+,25+,26+/m0/s1. The average molecular weight is 446 g/mol. The van der Waals surface area contributed by atoms with E-state index >= 15 is 0 Å². The molecule has 6 aliphatic rings. The molecule has 6 saturated carbocycles.